The Balaban J connectivity index is 2.72. The van der Waals surface area contributed by atoms with Crippen LogP contribution in [0.2, 0.25) is 0 Å². The van der Waals surface area contributed by atoms with Gasteiger partial charge in [-0.2, -0.15) is 0 Å². The summed E-state index contributed by atoms with van der Waals surface area (Å²) in [5.41, 5.74) is 0.0332. The number of thiophene rings is 1. The van der Waals surface area contributed by atoms with Crippen LogP contribution in [0.4, 0.5) is 0 Å². The van der Waals surface area contributed by atoms with Crippen LogP contribution in [0.5, 0.6) is 0 Å². The lowest BCUT2D eigenvalue weighted by Crippen LogP contribution is -2.26. The van der Waals surface area contributed by atoms with E-state index in [1.54, 1.807) is 0 Å². The van der Waals surface area contributed by atoms with Crippen LogP contribution in [0.3, 0.4) is 0 Å². The topological polar surface area (TPSA) is 53.7 Å². The second-order valence-corrected chi connectivity index (χ2v) is 3.62. The van der Waals surface area contributed by atoms with Gasteiger partial charge in [0.15, 0.2) is 0 Å². The van der Waals surface area contributed by atoms with Gasteiger partial charge < -0.3 is 10.4 Å². The number of carbonyl (C=O) groups is 1. The molecule has 2 N–H and O–H groups in total. The van der Waals surface area contributed by atoms with Gasteiger partial charge in [-0.05, 0) is 17.5 Å². The molecule has 1 aromatic heterocycles. The summed E-state index contributed by atoms with van der Waals surface area (Å²) in [6.45, 7) is 6.90. The number of nitrogens with zero attached hydrogens (tertiary/aromatic N) is 1. The van der Waals surface area contributed by atoms with Gasteiger partial charge in [0, 0.05) is 11.4 Å². The summed E-state index contributed by atoms with van der Waals surface area (Å²) in [6, 6.07) is 3.68. The summed E-state index contributed by atoms with van der Waals surface area (Å²) >= 11 is 1.46. The van der Waals surface area contributed by atoms with Crippen molar-refractivity contribution in [3.8, 4) is 0 Å². The molecule has 0 fully saturated rings. The van der Waals surface area contributed by atoms with Crippen LogP contribution in [0.25, 0.3) is 10.9 Å². The summed E-state index contributed by atoms with van der Waals surface area (Å²) in [5.74, 6) is -0.451. The normalized spacial score (nSPS) is 10.8. The van der Waals surface area contributed by atoms with Crippen molar-refractivity contribution in [2.24, 2.45) is 0 Å². The molecule has 15 heavy (non-hydrogen) atoms. The van der Waals surface area contributed by atoms with Gasteiger partial charge in [-0.15, -0.1) is 11.3 Å². The van der Waals surface area contributed by atoms with Crippen LogP contribution < -0.4 is 5.32 Å². The minimum absolute atomic E-state index is 0.0332. The number of aliphatic hydroxyl groups is 1. The fraction of sp³-hybridized carbons (Fsp3) is 0.200. The summed E-state index contributed by atoms with van der Waals surface area (Å²) in [4.78, 5) is 15.4. The van der Waals surface area contributed by atoms with Crippen molar-refractivity contribution in [3.05, 3.63) is 39.5 Å². The van der Waals surface area contributed by atoms with E-state index in [0.29, 0.717) is 0 Å². The Morgan fingerprint density at radius 1 is 1.73 bits per heavy atom. The Hall–Kier alpha value is -1.64. The van der Waals surface area contributed by atoms with E-state index in [2.05, 4.69) is 10.2 Å². The first kappa shape index (κ1) is 11.4. The van der Waals surface area contributed by atoms with E-state index in [9.17, 15) is 4.79 Å². The lowest BCUT2D eigenvalue weighted by Gasteiger charge is -2.00. The molecule has 78 valence electrons. The smallest absolute Gasteiger partial charge is 0.251 e. The number of carbonyl (C=O) groups excluding carboxylic acids is 1. The molecule has 5 heteroatoms. The molecular weight excluding hydrogens is 212 g/mol. The zero-order valence-electron chi connectivity index (χ0n) is 7.93. The van der Waals surface area contributed by atoms with Crippen LogP contribution in [0.15, 0.2) is 23.2 Å². The number of hydrogen-bond acceptors (Lipinski definition) is 3. The minimum Gasteiger partial charge on any atom is -0.395 e. The van der Waals surface area contributed by atoms with E-state index in [1.807, 2.05) is 17.5 Å². The zero-order chi connectivity index (χ0) is 11.1. The predicted octanol–water partition coefficient (Wildman–Crippen LogP) is 1.12. The van der Waals surface area contributed by atoms with Crippen molar-refractivity contribution < 1.29 is 9.90 Å². The highest BCUT2D eigenvalue weighted by molar-refractivity contribution is 7.10. The molecule has 0 aromatic carbocycles. The van der Waals surface area contributed by atoms with Gasteiger partial charge in [0.05, 0.1) is 13.2 Å². The van der Waals surface area contributed by atoms with Crippen molar-refractivity contribution in [1.82, 2.24) is 5.32 Å². The van der Waals surface area contributed by atoms with E-state index in [0.717, 1.165) is 4.88 Å². The van der Waals surface area contributed by atoms with Gasteiger partial charge in [0.1, 0.15) is 0 Å². The first-order valence-electron chi connectivity index (χ1n) is 4.29. The molecule has 0 spiro atoms. The average Bonchev–Trinajstić information content (AvgIpc) is 2.75. The summed E-state index contributed by atoms with van der Waals surface area (Å²) in [7, 11) is 0. The van der Waals surface area contributed by atoms with Crippen molar-refractivity contribution in [1.29, 1.82) is 0 Å². The SMILES string of the molecule is [C-]#[N+]C(=Cc1cccs1)C(=O)NCCO. The van der Waals surface area contributed by atoms with Gasteiger partial charge in [-0.3, -0.25) is 4.79 Å². The van der Waals surface area contributed by atoms with Crippen molar-refractivity contribution in [2.75, 3.05) is 13.2 Å². The molecule has 4 nitrogen and oxygen atoms in total. The van der Waals surface area contributed by atoms with E-state index in [-0.39, 0.29) is 18.8 Å². The summed E-state index contributed by atoms with van der Waals surface area (Å²) < 4.78 is 0. The number of hydrogen-bond donors (Lipinski definition) is 2. The average molecular weight is 222 g/mol. The third-order valence-corrected chi connectivity index (χ3v) is 2.39. The molecule has 1 heterocycles. The third-order valence-electron chi connectivity index (χ3n) is 1.57. The Kier molecular flexibility index (Phi) is 4.54. The Morgan fingerprint density at radius 3 is 3.07 bits per heavy atom. The highest BCUT2D eigenvalue weighted by atomic mass is 32.1. The van der Waals surface area contributed by atoms with Crippen LogP contribution in [0.1, 0.15) is 4.88 Å². The lowest BCUT2D eigenvalue weighted by atomic mass is 10.3. The fourth-order valence-electron chi connectivity index (χ4n) is 0.917. The lowest BCUT2D eigenvalue weighted by molar-refractivity contribution is -0.117. The third kappa shape index (κ3) is 3.54. The van der Waals surface area contributed by atoms with Crippen molar-refractivity contribution >= 4 is 23.3 Å². The van der Waals surface area contributed by atoms with Crippen molar-refractivity contribution in [2.45, 2.75) is 0 Å². The van der Waals surface area contributed by atoms with Crippen LogP contribution in [-0.2, 0) is 4.79 Å². The van der Waals surface area contributed by atoms with E-state index < -0.39 is 5.91 Å². The van der Waals surface area contributed by atoms with Crippen molar-refractivity contribution in [3.63, 3.8) is 0 Å². The number of nitrogens with one attached hydrogen (secondary N) is 1. The molecule has 1 amide bonds. The molecule has 0 aliphatic rings. The Morgan fingerprint density at radius 2 is 2.53 bits per heavy atom. The van der Waals surface area contributed by atoms with E-state index in [4.69, 9.17) is 11.7 Å². The first-order chi connectivity index (χ1) is 7.27. The molecule has 0 unspecified atom stereocenters. The predicted molar refractivity (Wildman–Crippen MR) is 59.0 cm³/mol. The minimum atomic E-state index is -0.451. The van der Waals surface area contributed by atoms with Gasteiger partial charge >= 0.3 is 0 Å². The monoisotopic (exact) mass is 222 g/mol. The number of aliphatic hydroxyl groups excluding tert-OH is 1. The fourth-order valence-corrected chi connectivity index (χ4v) is 1.57. The van der Waals surface area contributed by atoms with E-state index in [1.165, 1.54) is 17.4 Å². The van der Waals surface area contributed by atoms with Crippen LogP contribution in [-0.4, -0.2) is 24.2 Å². The molecular formula is C10H10N2O2S. The molecule has 0 radical (unpaired) electrons. The highest BCUT2D eigenvalue weighted by Gasteiger charge is 2.08. The second-order valence-electron chi connectivity index (χ2n) is 2.64. The molecule has 1 rings (SSSR count). The largest absolute Gasteiger partial charge is 0.395 e. The Bertz CT molecular complexity index is 390. The molecule has 0 atom stereocenters. The van der Waals surface area contributed by atoms with Gasteiger partial charge in [0.25, 0.3) is 5.70 Å². The maximum atomic E-state index is 11.4. The summed E-state index contributed by atoms with van der Waals surface area (Å²) in [6.07, 6.45) is 1.53. The maximum Gasteiger partial charge on any atom is 0.251 e. The van der Waals surface area contributed by atoms with E-state index >= 15 is 0 Å². The molecule has 0 bridgehead atoms. The Labute approximate surface area is 91.7 Å². The maximum absolute atomic E-state index is 11.4. The summed E-state index contributed by atoms with van der Waals surface area (Å²) in [5, 5.41) is 12.8. The van der Waals surface area contributed by atoms with Gasteiger partial charge in [-0.1, -0.05) is 6.07 Å². The first-order valence-corrected chi connectivity index (χ1v) is 5.17. The zero-order valence-corrected chi connectivity index (χ0v) is 8.75. The second kappa shape index (κ2) is 5.96. The number of rotatable bonds is 4. The standard InChI is InChI=1S/C10H10N2O2S/c1-11-9(10(14)12-4-5-13)7-8-3-2-6-15-8/h2-3,6-7,13H,4-5H2,(H,12,14). The molecule has 0 aliphatic carbocycles. The van der Waals surface area contributed by atoms with Gasteiger partial charge in [0.2, 0.25) is 5.91 Å². The molecule has 0 saturated carbocycles. The molecule has 1 aromatic rings. The number of amides is 1. The van der Waals surface area contributed by atoms with Gasteiger partial charge in [-0.25, -0.2) is 4.85 Å². The molecule has 0 aliphatic heterocycles. The highest BCUT2D eigenvalue weighted by Crippen LogP contribution is 2.13. The van der Waals surface area contributed by atoms with Crippen LogP contribution in [0, 0.1) is 6.57 Å². The molecule has 0 saturated heterocycles. The van der Waals surface area contributed by atoms with Crippen LogP contribution >= 0.6 is 11.3 Å². The quantitative estimate of drug-likeness (QED) is 0.592.